The Morgan fingerprint density at radius 2 is 1.95 bits per heavy atom. The zero-order chi connectivity index (χ0) is 15.7. The number of anilines is 1. The maximum Gasteiger partial charge on any atom is 0.335 e. The molecule has 7 heteroatoms. The molecule has 21 heavy (non-hydrogen) atoms. The van der Waals surface area contributed by atoms with E-state index in [2.05, 4.69) is 0 Å². The summed E-state index contributed by atoms with van der Waals surface area (Å²) in [6.07, 6.45) is -0.306. The minimum absolute atomic E-state index is 0.139. The van der Waals surface area contributed by atoms with Gasteiger partial charge in [-0.2, -0.15) is 0 Å². The van der Waals surface area contributed by atoms with E-state index < -0.39 is 18.0 Å². The molecule has 112 valence electrons. The van der Waals surface area contributed by atoms with Crippen molar-refractivity contribution >= 4 is 23.5 Å². The second kappa shape index (κ2) is 5.43. The highest BCUT2D eigenvalue weighted by atomic mass is 16.4. The molecule has 0 saturated carbocycles. The highest BCUT2D eigenvalue weighted by Gasteiger charge is 2.33. The molecule has 0 saturated heterocycles. The molecule has 0 spiro atoms. The van der Waals surface area contributed by atoms with Crippen molar-refractivity contribution in [3.05, 3.63) is 29.3 Å². The van der Waals surface area contributed by atoms with Crippen molar-refractivity contribution in [2.24, 2.45) is 0 Å². The van der Waals surface area contributed by atoms with Crippen LogP contribution < -0.4 is 4.90 Å². The number of benzene rings is 1. The maximum absolute atomic E-state index is 12.3. The average Bonchev–Trinajstić information content (AvgIpc) is 2.49. The molecule has 1 aromatic rings. The monoisotopic (exact) mass is 292 g/mol. The van der Waals surface area contributed by atoms with E-state index >= 15 is 0 Å². The molecule has 1 heterocycles. The van der Waals surface area contributed by atoms with Gasteiger partial charge in [0.2, 0.25) is 5.91 Å². The lowest BCUT2D eigenvalue weighted by Crippen LogP contribution is -2.44. The largest absolute Gasteiger partial charge is 0.481 e. The van der Waals surface area contributed by atoms with Crippen LogP contribution in [0.1, 0.15) is 22.3 Å². The first-order valence-electron chi connectivity index (χ1n) is 6.37. The summed E-state index contributed by atoms with van der Waals surface area (Å²) in [6, 6.07) is 3.77. The third-order valence-electron chi connectivity index (χ3n) is 3.61. The Balaban J connectivity index is 2.48. The summed E-state index contributed by atoms with van der Waals surface area (Å²) < 4.78 is 0. The third-order valence-corrected chi connectivity index (χ3v) is 3.61. The molecule has 1 aliphatic heterocycles. The van der Waals surface area contributed by atoms with Crippen LogP contribution in [0.3, 0.4) is 0 Å². The van der Waals surface area contributed by atoms with Crippen LogP contribution in [0.2, 0.25) is 0 Å². The van der Waals surface area contributed by atoms with Gasteiger partial charge in [-0.05, 0) is 23.8 Å². The maximum atomic E-state index is 12.3. The fourth-order valence-electron chi connectivity index (χ4n) is 2.50. The molecule has 1 atom stereocenters. The van der Waals surface area contributed by atoms with Crippen LogP contribution in [0.5, 0.6) is 0 Å². The van der Waals surface area contributed by atoms with E-state index in [0.717, 1.165) is 0 Å². The summed E-state index contributed by atoms with van der Waals surface area (Å²) in [5.41, 5.74) is 1.49. The topological polar surface area (TPSA) is 98.2 Å². The van der Waals surface area contributed by atoms with E-state index in [1.54, 1.807) is 25.1 Å². The first-order chi connectivity index (χ1) is 9.81. The predicted molar refractivity (Wildman–Crippen MR) is 74.3 cm³/mol. The van der Waals surface area contributed by atoms with Crippen LogP contribution in [-0.2, 0) is 16.1 Å². The molecule has 1 amide bonds. The number of rotatable bonds is 3. The number of carboxylic acid groups (broad SMARTS) is 2. The number of hydrogen-bond acceptors (Lipinski definition) is 4. The van der Waals surface area contributed by atoms with Crippen LogP contribution in [0.15, 0.2) is 18.2 Å². The van der Waals surface area contributed by atoms with E-state index in [0.29, 0.717) is 11.3 Å². The van der Waals surface area contributed by atoms with Crippen molar-refractivity contribution in [3.8, 4) is 0 Å². The van der Waals surface area contributed by atoms with Crippen molar-refractivity contribution in [2.75, 3.05) is 19.0 Å². The standard InChI is InChI=1S/C14H16N2O5/c1-15-7-9-5-8(14(20)21)3-4-10(9)16(2)11(13(15)19)6-12(17)18/h3-5,11H,6-7H2,1-2H3,(H,17,18)(H,20,21). The molecule has 2 rings (SSSR count). The van der Waals surface area contributed by atoms with Gasteiger partial charge in [-0.15, -0.1) is 0 Å². The Morgan fingerprint density at radius 1 is 1.29 bits per heavy atom. The average molecular weight is 292 g/mol. The van der Waals surface area contributed by atoms with E-state index in [1.807, 2.05) is 0 Å². The molecule has 7 nitrogen and oxygen atoms in total. The molecule has 2 N–H and O–H groups in total. The zero-order valence-electron chi connectivity index (χ0n) is 11.7. The van der Waals surface area contributed by atoms with Crippen molar-refractivity contribution in [1.82, 2.24) is 4.90 Å². The molecular formula is C14H16N2O5. The minimum Gasteiger partial charge on any atom is -0.481 e. The number of aromatic carboxylic acids is 1. The van der Waals surface area contributed by atoms with Crippen LogP contribution in [-0.4, -0.2) is 53.1 Å². The van der Waals surface area contributed by atoms with E-state index in [1.165, 1.54) is 17.0 Å². The molecule has 1 unspecified atom stereocenters. The summed E-state index contributed by atoms with van der Waals surface area (Å²) in [7, 11) is 3.22. The third kappa shape index (κ3) is 2.81. The fourth-order valence-corrected chi connectivity index (χ4v) is 2.50. The lowest BCUT2D eigenvalue weighted by Gasteiger charge is -2.27. The summed E-state index contributed by atoms with van der Waals surface area (Å²) in [5, 5.41) is 18.0. The Bertz CT molecular complexity index is 613. The van der Waals surface area contributed by atoms with Gasteiger partial charge in [0.25, 0.3) is 0 Å². The highest BCUT2D eigenvalue weighted by Crippen LogP contribution is 2.29. The molecule has 0 bridgehead atoms. The molecule has 0 fully saturated rings. The second-order valence-electron chi connectivity index (χ2n) is 5.07. The van der Waals surface area contributed by atoms with Crippen molar-refractivity contribution in [2.45, 2.75) is 19.0 Å². The van der Waals surface area contributed by atoms with Crippen molar-refractivity contribution < 1.29 is 24.6 Å². The van der Waals surface area contributed by atoms with Gasteiger partial charge in [-0.3, -0.25) is 9.59 Å². The lowest BCUT2D eigenvalue weighted by molar-refractivity contribution is -0.141. The van der Waals surface area contributed by atoms with E-state index in [9.17, 15) is 14.4 Å². The number of aliphatic carboxylic acids is 1. The fraction of sp³-hybridized carbons (Fsp3) is 0.357. The summed E-state index contributed by atoms with van der Waals surface area (Å²) in [5.74, 6) is -2.40. The van der Waals surface area contributed by atoms with Gasteiger partial charge in [-0.1, -0.05) is 0 Å². The first kappa shape index (κ1) is 14.8. The van der Waals surface area contributed by atoms with Crippen molar-refractivity contribution in [3.63, 3.8) is 0 Å². The summed E-state index contributed by atoms with van der Waals surface area (Å²) in [6.45, 7) is 0.246. The number of nitrogens with zero attached hydrogens (tertiary/aromatic N) is 2. The summed E-state index contributed by atoms with van der Waals surface area (Å²) >= 11 is 0. The SMILES string of the molecule is CN1Cc2cc(C(=O)O)ccc2N(C)C(CC(=O)O)C1=O. The second-order valence-corrected chi connectivity index (χ2v) is 5.07. The number of likely N-dealkylation sites (N-methyl/N-ethyl adjacent to an activating group) is 2. The molecule has 1 aliphatic rings. The van der Waals surface area contributed by atoms with Crippen molar-refractivity contribution in [1.29, 1.82) is 0 Å². The van der Waals surface area contributed by atoms with Crippen LogP contribution in [0, 0.1) is 0 Å². The Hall–Kier alpha value is -2.57. The van der Waals surface area contributed by atoms with Gasteiger partial charge < -0.3 is 20.0 Å². The molecular weight excluding hydrogens is 276 g/mol. The molecule has 0 aliphatic carbocycles. The van der Waals surface area contributed by atoms with Gasteiger partial charge >= 0.3 is 11.9 Å². The smallest absolute Gasteiger partial charge is 0.335 e. The Kier molecular flexibility index (Phi) is 3.84. The molecule has 0 radical (unpaired) electrons. The number of carbonyl (C=O) groups is 3. The molecule has 0 aromatic heterocycles. The minimum atomic E-state index is -1.06. The van der Waals surface area contributed by atoms with E-state index in [4.69, 9.17) is 10.2 Å². The number of hydrogen-bond donors (Lipinski definition) is 2. The Morgan fingerprint density at radius 3 is 2.52 bits per heavy atom. The van der Waals surface area contributed by atoms with Gasteiger partial charge in [0.15, 0.2) is 0 Å². The normalized spacial score (nSPS) is 18.2. The van der Waals surface area contributed by atoms with Gasteiger partial charge in [0, 0.05) is 26.3 Å². The summed E-state index contributed by atoms with van der Waals surface area (Å²) in [4.78, 5) is 37.3. The number of fused-ring (bicyclic) bond motifs is 1. The van der Waals surface area contributed by atoms with Crippen LogP contribution >= 0.6 is 0 Å². The molecule has 1 aromatic carbocycles. The van der Waals surface area contributed by atoms with Crippen LogP contribution in [0.25, 0.3) is 0 Å². The Labute approximate surface area is 121 Å². The van der Waals surface area contributed by atoms with Gasteiger partial charge in [0.05, 0.1) is 12.0 Å². The predicted octanol–water partition coefficient (Wildman–Crippen LogP) is 0.636. The van der Waals surface area contributed by atoms with Crippen LogP contribution in [0.4, 0.5) is 5.69 Å². The van der Waals surface area contributed by atoms with E-state index in [-0.39, 0.29) is 24.4 Å². The first-order valence-corrected chi connectivity index (χ1v) is 6.37. The highest BCUT2D eigenvalue weighted by molar-refractivity contribution is 5.92. The number of amides is 1. The van der Waals surface area contributed by atoms with Gasteiger partial charge in [0.1, 0.15) is 6.04 Å². The quantitative estimate of drug-likeness (QED) is 0.848. The van der Waals surface area contributed by atoms with Gasteiger partial charge in [-0.25, -0.2) is 4.79 Å². The number of carbonyl (C=O) groups excluding carboxylic acids is 1. The zero-order valence-corrected chi connectivity index (χ0v) is 11.7. The number of carboxylic acids is 2. The lowest BCUT2D eigenvalue weighted by atomic mass is 10.1.